The molecule has 0 radical (unpaired) electrons. The molecule has 6 heteroatoms. The van der Waals surface area contributed by atoms with Gasteiger partial charge in [0, 0.05) is 19.0 Å². The lowest BCUT2D eigenvalue weighted by Gasteiger charge is -2.18. The maximum atomic E-state index is 12.6. The maximum absolute atomic E-state index is 12.6. The van der Waals surface area contributed by atoms with Gasteiger partial charge in [-0.25, -0.2) is 8.42 Å². The minimum atomic E-state index is -3.50. The van der Waals surface area contributed by atoms with Crippen molar-refractivity contribution < 1.29 is 13.2 Å². The van der Waals surface area contributed by atoms with E-state index >= 15 is 0 Å². The van der Waals surface area contributed by atoms with Crippen LogP contribution >= 0.6 is 11.6 Å². The van der Waals surface area contributed by atoms with Crippen LogP contribution in [0.2, 0.25) is 0 Å². The number of hydrogen-bond acceptors (Lipinski definition) is 3. The van der Waals surface area contributed by atoms with Crippen molar-refractivity contribution in [3.63, 3.8) is 0 Å². The van der Waals surface area contributed by atoms with Crippen molar-refractivity contribution in [2.24, 2.45) is 5.92 Å². The van der Waals surface area contributed by atoms with Gasteiger partial charge in [0.15, 0.2) is 0 Å². The Morgan fingerprint density at radius 1 is 1.47 bits per heavy atom. The molecule has 0 aromatic heterocycles. The third kappa shape index (κ3) is 2.88. The highest BCUT2D eigenvalue weighted by atomic mass is 35.5. The van der Waals surface area contributed by atoms with Crippen molar-refractivity contribution in [1.29, 1.82) is 0 Å². The third-order valence-corrected chi connectivity index (χ3v) is 5.58. The lowest BCUT2D eigenvalue weighted by Crippen LogP contribution is -2.29. The predicted molar refractivity (Wildman–Crippen MR) is 75.1 cm³/mol. The average molecular weight is 304 g/mol. The van der Waals surface area contributed by atoms with E-state index in [9.17, 15) is 8.42 Å². The molecule has 1 fully saturated rings. The SMILES string of the molecule is COc1ccc(CCl)cc1S(=O)(=O)N1CCC(C)C1. The molecule has 1 aliphatic heterocycles. The molecule has 1 aromatic rings. The lowest BCUT2D eigenvalue weighted by atomic mass is 10.2. The molecule has 0 N–H and O–H groups in total. The van der Waals surface area contributed by atoms with Gasteiger partial charge in [-0.1, -0.05) is 13.0 Å². The fourth-order valence-corrected chi connectivity index (χ4v) is 4.20. The molecule has 1 saturated heterocycles. The predicted octanol–water partition coefficient (Wildman–Crippen LogP) is 2.46. The van der Waals surface area contributed by atoms with Crippen LogP contribution in [-0.2, 0) is 15.9 Å². The molecule has 19 heavy (non-hydrogen) atoms. The van der Waals surface area contributed by atoms with E-state index in [1.165, 1.54) is 11.4 Å². The van der Waals surface area contributed by atoms with Crippen LogP contribution in [-0.4, -0.2) is 32.9 Å². The van der Waals surface area contributed by atoms with Crippen molar-refractivity contribution in [2.75, 3.05) is 20.2 Å². The van der Waals surface area contributed by atoms with Crippen molar-refractivity contribution in [1.82, 2.24) is 4.31 Å². The lowest BCUT2D eigenvalue weighted by molar-refractivity contribution is 0.397. The van der Waals surface area contributed by atoms with E-state index in [1.807, 2.05) is 0 Å². The van der Waals surface area contributed by atoms with Gasteiger partial charge in [-0.3, -0.25) is 0 Å². The molecule has 0 spiro atoms. The van der Waals surface area contributed by atoms with Gasteiger partial charge in [-0.15, -0.1) is 11.6 Å². The van der Waals surface area contributed by atoms with Gasteiger partial charge in [0.05, 0.1) is 7.11 Å². The van der Waals surface area contributed by atoms with Crippen LogP contribution in [0.5, 0.6) is 5.75 Å². The largest absolute Gasteiger partial charge is 0.495 e. The summed E-state index contributed by atoms with van der Waals surface area (Å²) in [5.41, 5.74) is 0.772. The molecule has 1 heterocycles. The standard InChI is InChI=1S/C13H18ClNO3S/c1-10-5-6-15(9-10)19(16,17)13-7-11(8-14)3-4-12(13)18-2/h3-4,7,10H,5-6,8-9H2,1-2H3. The molecule has 0 bridgehead atoms. The number of sulfonamides is 1. The van der Waals surface area contributed by atoms with E-state index in [0.29, 0.717) is 24.8 Å². The molecule has 4 nitrogen and oxygen atoms in total. The zero-order chi connectivity index (χ0) is 14.0. The van der Waals surface area contributed by atoms with Gasteiger partial charge in [-0.2, -0.15) is 4.31 Å². The van der Waals surface area contributed by atoms with Crippen molar-refractivity contribution in [3.8, 4) is 5.75 Å². The highest BCUT2D eigenvalue weighted by Gasteiger charge is 2.32. The first kappa shape index (κ1) is 14.6. The van der Waals surface area contributed by atoms with Crippen molar-refractivity contribution in [3.05, 3.63) is 23.8 Å². The summed E-state index contributed by atoms with van der Waals surface area (Å²) in [6.45, 7) is 3.19. The summed E-state index contributed by atoms with van der Waals surface area (Å²) >= 11 is 5.78. The van der Waals surface area contributed by atoms with Gasteiger partial charge in [0.2, 0.25) is 10.0 Å². The van der Waals surface area contributed by atoms with Crippen molar-refractivity contribution in [2.45, 2.75) is 24.1 Å². The summed E-state index contributed by atoms with van der Waals surface area (Å²) in [7, 11) is -2.02. The highest BCUT2D eigenvalue weighted by Crippen LogP contribution is 2.31. The normalized spacial score (nSPS) is 20.7. The summed E-state index contributed by atoms with van der Waals surface area (Å²) in [6, 6.07) is 5.03. The summed E-state index contributed by atoms with van der Waals surface area (Å²) < 4.78 is 32.0. The Bertz CT molecular complexity index is 559. The Balaban J connectivity index is 2.44. The van der Waals surface area contributed by atoms with E-state index in [4.69, 9.17) is 16.3 Å². The van der Waals surface area contributed by atoms with Crippen LogP contribution in [0, 0.1) is 5.92 Å². The van der Waals surface area contributed by atoms with E-state index in [1.54, 1.807) is 18.2 Å². The van der Waals surface area contributed by atoms with Crippen LogP contribution in [0.3, 0.4) is 0 Å². The molecule has 2 rings (SSSR count). The van der Waals surface area contributed by atoms with Crippen LogP contribution in [0.4, 0.5) is 0 Å². The van der Waals surface area contributed by atoms with E-state index in [2.05, 4.69) is 6.92 Å². The first-order valence-electron chi connectivity index (χ1n) is 6.22. The van der Waals surface area contributed by atoms with Crippen molar-refractivity contribution >= 4 is 21.6 Å². The number of halogens is 1. The van der Waals surface area contributed by atoms with Crippen LogP contribution < -0.4 is 4.74 Å². The van der Waals surface area contributed by atoms with Crippen LogP contribution in [0.25, 0.3) is 0 Å². The highest BCUT2D eigenvalue weighted by molar-refractivity contribution is 7.89. The summed E-state index contributed by atoms with van der Waals surface area (Å²) in [5, 5.41) is 0. The molecule has 1 aromatic carbocycles. The zero-order valence-corrected chi connectivity index (χ0v) is 12.7. The zero-order valence-electron chi connectivity index (χ0n) is 11.1. The smallest absolute Gasteiger partial charge is 0.246 e. The topological polar surface area (TPSA) is 46.6 Å². The van der Waals surface area contributed by atoms with E-state index in [0.717, 1.165) is 12.0 Å². The quantitative estimate of drug-likeness (QED) is 0.803. The first-order valence-corrected chi connectivity index (χ1v) is 8.19. The Morgan fingerprint density at radius 2 is 2.21 bits per heavy atom. The third-order valence-electron chi connectivity index (χ3n) is 3.39. The average Bonchev–Trinajstić information content (AvgIpc) is 2.85. The van der Waals surface area contributed by atoms with Gasteiger partial charge in [-0.05, 0) is 30.0 Å². The first-order chi connectivity index (χ1) is 8.98. The fraction of sp³-hybridized carbons (Fsp3) is 0.538. The Morgan fingerprint density at radius 3 is 2.74 bits per heavy atom. The van der Waals surface area contributed by atoms with Gasteiger partial charge < -0.3 is 4.74 Å². The number of alkyl halides is 1. The number of hydrogen-bond donors (Lipinski definition) is 0. The molecule has 0 amide bonds. The molecule has 106 valence electrons. The molecule has 0 saturated carbocycles. The number of nitrogens with zero attached hydrogens (tertiary/aromatic N) is 1. The van der Waals surface area contributed by atoms with Gasteiger partial charge in [0.25, 0.3) is 0 Å². The maximum Gasteiger partial charge on any atom is 0.246 e. The van der Waals surface area contributed by atoms with E-state index < -0.39 is 10.0 Å². The second kappa shape index (κ2) is 5.69. The Labute approximate surface area is 119 Å². The summed E-state index contributed by atoms with van der Waals surface area (Å²) in [5.74, 6) is 1.05. The second-order valence-corrected chi connectivity index (χ2v) is 7.05. The monoisotopic (exact) mass is 303 g/mol. The Kier molecular flexibility index (Phi) is 4.38. The minimum Gasteiger partial charge on any atom is -0.495 e. The van der Waals surface area contributed by atoms with E-state index in [-0.39, 0.29) is 10.8 Å². The number of benzene rings is 1. The van der Waals surface area contributed by atoms with Crippen LogP contribution in [0.1, 0.15) is 18.9 Å². The molecule has 1 unspecified atom stereocenters. The molecular formula is C13H18ClNO3S. The van der Waals surface area contributed by atoms with Gasteiger partial charge in [0.1, 0.15) is 10.6 Å². The van der Waals surface area contributed by atoms with Gasteiger partial charge >= 0.3 is 0 Å². The molecule has 1 atom stereocenters. The number of rotatable bonds is 4. The summed E-state index contributed by atoms with van der Waals surface area (Å²) in [6.07, 6.45) is 0.900. The number of methoxy groups -OCH3 is 1. The molecule has 0 aliphatic carbocycles. The molecule has 1 aliphatic rings. The Hall–Kier alpha value is -0.780. The second-order valence-electron chi connectivity index (χ2n) is 4.88. The number of ether oxygens (including phenoxy) is 1. The minimum absolute atomic E-state index is 0.210. The fourth-order valence-electron chi connectivity index (χ4n) is 2.26. The molecular weight excluding hydrogens is 286 g/mol. The summed E-state index contributed by atoms with van der Waals surface area (Å²) in [4.78, 5) is 0.210. The van der Waals surface area contributed by atoms with Crippen LogP contribution in [0.15, 0.2) is 23.1 Å².